The molecule has 0 bridgehead atoms. The van der Waals surface area contributed by atoms with Crippen LogP contribution in [0.2, 0.25) is 5.15 Å². The maximum absolute atomic E-state index is 12.3. The van der Waals surface area contributed by atoms with Crippen LogP contribution in [0.25, 0.3) is 0 Å². The van der Waals surface area contributed by atoms with Gasteiger partial charge in [0.15, 0.2) is 5.16 Å². The highest BCUT2D eigenvalue weighted by Gasteiger charge is 2.17. The minimum Gasteiger partial charge on any atom is -0.355 e. The predicted octanol–water partition coefficient (Wildman–Crippen LogP) is 3.87. The third-order valence-electron chi connectivity index (χ3n) is 4.35. The van der Waals surface area contributed by atoms with Gasteiger partial charge < -0.3 is 9.80 Å². The van der Waals surface area contributed by atoms with Gasteiger partial charge in [-0.25, -0.2) is 9.97 Å². The summed E-state index contributed by atoms with van der Waals surface area (Å²) in [5.41, 5.74) is 1.19. The molecule has 0 atom stereocenters. The Bertz CT molecular complexity index is 738. The Morgan fingerprint density at radius 3 is 2.65 bits per heavy atom. The lowest BCUT2D eigenvalue weighted by molar-refractivity contribution is -0.129. The number of likely N-dealkylation sites (tertiary alicyclic amines) is 1. The molecule has 0 spiro atoms. The Morgan fingerprint density at radius 1 is 1.19 bits per heavy atom. The molecule has 138 valence electrons. The highest BCUT2D eigenvalue weighted by molar-refractivity contribution is 7.99. The zero-order valence-corrected chi connectivity index (χ0v) is 16.5. The van der Waals surface area contributed by atoms with Crippen LogP contribution >= 0.6 is 23.4 Å². The first-order chi connectivity index (χ1) is 12.6. The summed E-state index contributed by atoms with van der Waals surface area (Å²) >= 11 is 7.52. The lowest BCUT2D eigenvalue weighted by Gasteiger charge is -2.26. The van der Waals surface area contributed by atoms with Crippen molar-refractivity contribution in [3.8, 4) is 0 Å². The molecule has 0 N–H and O–H groups in total. The molecule has 1 aromatic heterocycles. The topological polar surface area (TPSA) is 49.3 Å². The normalized spacial score (nSPS) is 14.3. The smallest absolute Gasteiger partial charge is 0.233 e. The molecule has 0 radical (unpaired) electrons. The maximum atomic E-state index is 12.3. The molecule has 2 heterocycles. The Morgan fingerprint density at radius 2 is 1.92 bits per heavy atom. The van der Waals surface area contributed by atoms with Crippen LogP contribution in [0, 0.1) is 0 Å². The van der Waals surface area contributed by atoms with Gasteiger partial charge in [0.1, 0.15) is 11.0 Å². The fourth-order valence-electron chi connectivity index (χ4n) is 2.94. The van der Waals surface area contributed by atoms with Crippen molar-refractivity contribution in [2.24, 2.45) is 0 Å². The van der Waals surface area contributed by atoms with Crippen LogP contribution in [-0.2, 0) is 11.3 Å². The summed E-state index contributed by atoms with van der Waals surface area (Å²) in [7, 11) is 1.97. The first-order valence-corrected chi connectivity index (χ1v) is 10.2. The highest BCUT2D eigenvalue weighted by atomic mass is 35.5. The summed E-state index contributed by atoms with van der Waals surface area (Å²) in [6.45, 7) is 2.45. The lowest BCUT2D eigenvalue weighted by atomic mass is 10.1. The molecule has 0 aliphatic carbocycles. The monoisotopic (exact) mass is 390 g/mol. The van der Waals surface area contributed by atoms with Crippen LogP contribution in [0.4, 0.5) is 5.82 Å². The molecule has 1 aromatic carbocycles. The second kappa shape index (κ2) is 9.24. The average molecular weight is 391 g/mol. The van der Waals surface area contributed by atoms with Gasteiger partial charge in [-0.1, -0.05) is 53.7 Å². The Kier molecular flexibility index (Phi) is 6.74. The van der Waals surface area contributed by atoms with Gasteiger partial charge in [0.05, 0.1) is 5.75 Å². The second-order valence-electron chi connectivity index (χ2n) is 6.40. The molecule has 0 saturated carbocycles. The number of amides is 1. The van der Waals surface area contributed by atoms with Crippen molar-refractivity contribution in [2.75, 3.05) is 30.8 Å². The number of piperidine rings is 1. The lowest BCUT2D eigenvalue weighted by Crippen LogP contribution is -2.36. The number of hydrogen-bond donors (Lipinski definition) is 0. The molecule has 0 unspecified atom stereocenters. The van der Waals surface area contributed by atoms with Crippen LogP contribution in [0.15, 0.2) is 41.6 Å². The molecular formula is C19H23ClN4OS. The van der Waals surface area contributed by atoms with E-state index >= 15 is 0 Å². The van der Waals surface area contributed by atoms with Crippen molar-refractivity contribution in [1.29, 1.82) is 0 Å². The minimum absolute atomic E-state index is 0.150. The van der Waals surface area contributed by atoms with E-state index in [0.717, 1.165) is 38.3 Å². The van der Waals surface area contributed by atoms with Crippen LogP contribution in [-0.4, -0.2) is 46.7 Å². The molecule has 26 heavy (non-hydrogen) atoms. The second-order valence-corrected chi connectivity index (χ2v) is 7.73. The van der Waals surface area contributed by atoms with Crippen molar-refractivity contribution >= 4 is 35.1 Å². The number of nitrogens with zero attached hydrogens (tertiary/aromatic N) is 4. The fourth-order valence-corrected chi connectivity index (χ4v) is 3.93. The first-order valence-electron chi connectivity index (χ1n) is 8.82. The number of aromatic nitrogens is 2. The van der Waals surface area contributed by atoms with Crippen molar-refractivity contribution < 1.29 is 4.79 Å². The number of halogens is 1. The van der Waals surface area contributed by atoms with E-state index in [1.165, 1.54) is 23.7 Å². The van der Waals surface area contributed by atoms with Crippen LogP contribution in [0.3, 0.4) is 0 Å². The van der Waals surface area contributed by atoms with Crippen molar-refractivity contribution in [3.05, 3.63) is 47.1 Å². The summed E-state index contributed by atoms with van der Waals surface area (Å²) in [4.78, 5) is 25.1. The van der Waals surface area contributed by atoms with Crippen LogP contribution < -0.4 is 4.90 Å². The fraction of sp³-hybridized carbons (Fsp3) is 0.421. The SMILES string of the molecule is CN(Cc1ccccc1)c1cc(Cl)nc(SCC(=O)N2CCCCC2)n1. The van der Waals surface area contributed by atoms with Crippen LogP contribution in [0.5, 0.6) is 0 Å². The molecule has 1 saturated heterocycles. The number of anilines is 1. The van der Waals surface area contributed by atoms with Crippen molar-refractivity contribution in [2.45, 2.75) is 31.0 Å². The Balaban J connectivity index is 1.62. The van der Waals surface area contributed by atoms with Gasteiger partial charge in [0, 0.05) is 32.7 Å². The van der Waals surface area contributed by atoms with E-state index in [2.05, 4.69) is 22.1 Å². The Labute approximate surface area is 163 Å². The average Bonchev–Trinajstić information content (AvgIpc) is 2.67. The van der Waals surface area contributed by atoms with Gasteiger partial charge in [-0.05, 0) is 24.8 Å². The third kappa shape index (κ3) is 5.35. The van der Waals surface area contributed by atoms with E-state index in [9.17, 15) is 4.79 Å². The molecule has 5 nitrogen and oxygen atoms in total. The number of carbonyl (C=O) groups is 1. The Hall–Kier alpha value is -1.79. The van der Waals surface area contributed by atoms with E-state index in [0.29, 0.717) is 16.1 Å². The number of benzene rings is 1. The summed E-state index contributed by atoms with van der Waals surface area (Å²) in [6, 6.07) is 11.9. The minimum atomic E-state index is 0.150. The van der Waals surface area contributed by atoms with Crippen molar-refractivity contribution in [1.82, 2.24) is 14.9 Å². The molecule has 1 fully saturated rings. The number of hydrogen-bond acceptors (Lipinski definition) is 5. The van der Waals surface area contributed by atoms with Gasteiger partial charge in [-0.15, -0.1) is 0 Å². The quantitative estimate of drug-likeness (QED) is 0.425. The van der Waals surface area contributed by atoms with Gasteiger partial charge in [-0.3, -0.25) is 4.79 Å². The molecule has 1 aliphatic heterocycles. The standard InChI is InChI=1S/C19H23ClN4OS/c1-23(13-15-8-4-2-5-9-15)17-12-16(20)21-19(22-17)26-14-18(25)24-10-6-3-7-11-24/h2,4-5,8-9,12H,3,6-7,10-11,13-14H2,1H3. The van der Waals surface area contributed by atoms with E-state index < -0.39 is 0 Å². The molecule has 1 aliphatic rings. The summed E-state index contributed by atoms with van der Waals surface area (Å²) in [6.07, 6.45) is 3.41. The van der Waals surface area contributed by atoms with Gasteiger partial charge in [-0.2, -0.15) is 0 Å². The number of carbonyl (C=O) groups excluding carboxylic acids is 1. The maximum Gasteiger partial charge on any atom is 0.233 e. The number of rotatable bonds is 6. The predicted molar refractivity (Wildman–Crippen MR) is 107 cm³/mol. The summed E-state index contributed by atoms with van der Waals surface area (Å²) in [5.74, 6) is 1.25. The molecule has 7 heteroatoms. The van der Waals surface area contributed by atoms with E-state index in [1.54, 1.807) is 6.07 Å². The van der Waals surface area contributed by atoms with Gasteiger partial charge in [0.25, 0.3) is 0 Å². The van der Waals surface area contributed by atoms with E-state index in [4.69, 9.17) is 11.6 Å². The van der Waals surface area contributed by atoms with Crippen molar-refractivity contribution in [3.63, 3.8) is 0 Å². The van der Waals surface area contributed by atoms with Crippen LogP contribution in [0.1, 0.15) is 24.8 Å². The zero-order chi connectivity index (χ0) is 18.4. The van der Waals surface area contributed by atoms with Gasteiger partial charge >= 0.3 is 0 Å². The largest absolute Gasteiger partial charge is 0.355 e. The zero-order valence-electron chi connectivity index (χ0n) is 14.9. The highest BCUT2D eigenvalue weighted by Crippen LogP contribution is 2.23. The van der Waals surface area contributed by atoms with Gasteiger partial charge in [0.2, 0.25) is 5.91 Å². The first kappa shape index (κ1) is 19.0. The number of thioether (sulfide) groups is 1. The summed E-state index contributed by atoms with van der Waals surface area (Å²) < 4.78 is 0. The third-order valence-corrected chi connectivity index (χ3v) is 5.37. The molecule has 2 aromatic rings. The summed E-state index contributed by atoms with van der Waals surface area (Å²) in [5, 5.41) is 0.931. The molecule has 1 amide bonds. The molecule has 3 rings (SSSR count). The molecular weight excluding hydrogens is 368 g/mol. The van der Waals surface area contributed by atoms with E-state index in [1.807, 2.05) is 35.0 Å². The van der Waals surface area contributed by atoms with E-state index in [-0.39, 0.29) is 5.91 Å².